The Hall–Kier alpha value is -6.28. The summed E-state index contributed by atoms with van der Waals surface area (Å²) in [5, 5.41) is 11.7. The molecule has 0 amide bonds. The summed E-state index contributed by atoms with van der Waals surface area (Å²) >= 11 is 0. The van der Waals surface area contributed by atoms with Gasteiger partial charge in [-0.25, -0.2) is 0 Å². The third kappa shape index (κ3) is 4.30. The maximum Gasteiger partial charge on any atom is 0.0672 e. The second-order valence-electron chi connectivity index (χ2n) is 16.7. The van der Waals surface area contributed by atoms with Gasteiger partial charge in [0, 0.05) is 5.41 Å². The maximum atomic E-state index is 3.91. The summed E-state index contributed by atoms with van der Waals surface area (Å²) < 4.78 is 0. The molecule has 0 aliphatic heterocycles. The van der Waals surface area contributed by atoms with Gasteiger partial charge in [0.1, 0.15) is 0 Å². The fraction of sp³-hybridized carbons (Fsp3) is 0.127. The van der Waals surface area contributed by atoms with Crippen molar-refractivity contribution in [1.82, 2.24) is 5.32 Å². The Labute approximate surface area is 329 Å². The molecule has 0 saturated heterocycles. The molecule has 0 fully saturated rings. The van der Waals surface area contributed by atoms with E-state index in [1.54, 1.807) is 0 Å². The van der Waals surface area contributed by atoms with Crippen LogP contribution in [0.5, 0.6) is 0 Å². The molecule has 0 heterocycles. The van der Waals surface area contributed by atoms with Crippen LogP contribution in [0.4, 0.5) is 0 Å². The molecule has 8 aromatic carbocycles. The quantitative estimate of drug-likeness (QED) is 0.138. The van der Waals surface area contributed by atoms with E-state index in [0.717, 1.165) is 0 Å². The molecule has 0 saturated carbocycles. The van der Waals surface area contributed by atoms with Gasteiger partial charge >= 0.3 is 0 Å². The van der Waals surface area contributed by atoms with Gasteiger partial charge in [-0.2, -0.15) is 0 Å². The Morgan fingerprint density at radius 1 is 0.482 bits per heavy atom. The van der Waals surface area contributed by atoms with Crippen LogP contribution in [0.15, 0.2) is 164 Å². The lowest BCUT2D eigenvalue weighted by molar-refractivity contribution is 0.497. The van der Waals surface area contributed by atoms with Gasteiger partial charge < -0.3 is 5.32 Å². The molecule has 8 aromatic rings. The highest BCUT2D eigenvalue weighted by molar-refractivity contribution is 6.28. The van der Waals surface area contributed by atoms with Crippen LogP contribution < -0.4 is 5.32 Å². The third-order valence-corrected chi connectivity index (χ3v) is 13.8. The molecule has 3 aliphatic carbocycles. The van der Waals surface area contributed by atoms with E-state index in [9.17, 15) is 0 Å². The Bertz CT molecular complexity index is 3130. The van der Waals surface area contributed by atoms with Gasteiger partial charge in [0.05, 0.1) is 5.54 Å². The number of hydrogen-bond acceptors (Lipinski definition) is 1. The highest BCUT2D eigenvalue weighted by Gasteiger charge is 2.39. The average molecular weight is 718 g/mol. The number of fused-ring (bicyclic) bond motifs is 11. The third-order valence-electron chi connectivity index (χ3n) is 13.8. The van der Waals surface area contributed by atoms with Crippen LogP contribution in [0, 0.1) is 0 Å². The molecule has 1 atom stereocenters. The maximum absolute atomic E-state index is 3.91. The summed E-state index contributed by atoms with van der Waals surface area (Å²) in [6.07, 6.45) is 6.12. The Morgan fingerprint density at radius 3 is 1.75 bits per heavy atom. The molecule has 1 heteroatoms. The van der Waals surface area contributed by atoms with Crippen molar-refractivity contribution in [3.05, 3.63) is 186 Å². The number of nitrogens with one attached hydrogen (secondary N) is 1. The normalized spacial score (nSPS) is 17.2. The number of allylic oxidation sites excluding steroid dienone is 5. The fourth-order valence-corrected chi connectivity index (χ4v) is 10.4. The zero-order chi connectivity index (χ0) is 38.1. The molecule has 0 aromatic heterocycles. The molecule has 56 heavy (non-hydrogen) atoms. The zero-order valence-corrected chi connectivity index (χ0v) is 32.6. The van der Waals surface area contributed by atoms with Crippen LogP contribution >= 0.6 is 0 Å². The number of benzene rings is 8. The minimum absolute atomic E-state index is 0.0416. The van der Waals surface area contributed by atoms with Crippen molar-refractivity contribution in [2.45, 2.75) is 38.6 Å². The van der Waals surface area contributed by atoms with E-state index >= 15 is 0 Å². The van der Waals surface area contributed by atoms with Crippen molar-refractivity contribution in [1.29, 1.82) is 0 Å². The number of rotatable bonds is 5. The largest absolute Gasteiger partial charge is 0.307 e. The lowest BCUT2D eigenvalue weighted by Crippen LogP contribution is -2.35. The van der Waals surface area contributed by atoms with Crippen LogP contribution in [0.3, 0.4) is 0 Å². The summed E-state index contributed by atoms with van der Waals surface area (Å²) in [5.74, 6) is 0. The molecule has 0 spiro atoms. The molecule has 11 rings (SSSR count). The zero-order valence-electron chi connectivity index (χ0n) is 32.6. The van der Waals surface area contributed by atoms with Crippen molar-refractivity contribution in [3.8, 4) is 55.6 Å². The Morgan fingerprint density at radius 2 is 1.04 bits per heavy atom. The summed E-state index contributed by atoms with van der Waals surface area (Å²) in [6.45, 7) is 13.2. The summed E-state index contributed by atoms with van der Waals surface area (Å²) in [6, 6.07) is 50.9. The van der Waals surface area contributed by atoms with Gasteiger partial charge in [-0.05, 0) is 167 Å². The minimum atomic E-state index is -0.360. The second-order valence-corrected chi connectivity index (χ2v) is 16.7. The van der Waals surface area contributed by atoms with Crippen molar-refractivity contribution >= 4 is 37.9 Å². The van der Waals surface area contributed by atoms with Crippen LogP contribution in [0.1, 0.15) is 49.9 Å². The van der Waals surface area contributed by atoms with Gasteiger partial charge in [-0.15, -0.1) is 0 Å². The monoisotopic (exact) mass is 717 g/mol. The van der Waals surface area contributed by atoms with Crippen LogP contribution in [-0.4, -0.2) is 7.05 Å². The standard InChI is InChI=1S/C55H43N/c1-7-8-14-36-32(2)54(3,4)50-27-33(21-24-41(36)50)34-22-25-42-43-26-23-35(29-52(43)55(5,56-6)51(42)28-34)46-30-48-45-20-13-19-44-37-15-9-12-18-40(37)49(53(44)45)31-47(48)39-17-11-10-16-38(39)46/h7-31,56H,1H2,2-6H3/b14-8-. The van der Waals surface area contributed by atoms with E-state index in [4.69, 9.17) is 0 Å². The second kappa shape index (κ2) is 11.6. The minimum Gasteiger partial charge on any atom is -0.307 e. The predicted octanol–water partition coefficient (Wildman–Crippen LogP) is 14.4. The summed E-state index contributed by atoms with van der Waals surface area (Å²) in [5.41, 5.74) is 20.6. The van der Waals surface area contributed by atoms with Gasteiger partial charge in [0.25, 0.3) is 0 Å². The molecule has 3 aliphatic rings. The van der Waals surface area contributed by atoms with Crippen LogP contribution in [-0.2, 0) is 11.0 Å². The van der Waals surface area contributed by atoms with Gasteiger partial charge in [0.2, 0.25) is 0 Å². The van der Waals surface area contributed by atoms with Gasteiger partial charge in [-0.3, -0.25) is 0 Å². The van der Waals surface area contributed by atoms with Crippen LogP contribution in [0.25, 0.3) is 93.5 Å². The molecule has 0 radical (unpaired) electrons. The van der Waals surface area contributed by atoms with E-state index in [1.165, 1.54) is 121 Å². The van der Waals surface area contributed by atoms with Gasteiger partial charge in [0.15, 0.2) is 0 Å². The SMILES string of the molecule is C=C/C=C\C1=C(C)C(C)(C)c2cc(-c3ccc4c(c3)C(C)(NC)c3cc(-c5cc6c7cccc8c7c(cc6c6ccccc56)-c5ccccc5-8)ccc3-4)ccc21. The average Bonchev–Trinajstić information content (AvgIpc) is 3.76. The van der Waals surface area contributed by atoms with Crippen LogP contribution in [0.2, 0.25) is 0 Å². The summed E-state index contributed by atoms with van der Waals surface area (Å²) in [7, 11) is 2.11. The highest BCUT2D eigenvalue weighted by atomic mass is 14.9. The van der Waals surface area contributed by atoms with E-state index in [1.807, 2.05) is 12.2 Å². The molecular weight excluding hydrogens is 675 g/mol. The topological polar surface area (TPSA) is 12.0 Å². The molecule has 0 bridgehead atoms. The van der Waals surface area contributed by atoms with E-state index in [2.05, 4.69) is 186 Å². The first-order chi connectivity index (χ1) is 27.2. The Balaban J connectivity index is 1.05. The highest BCUT2D eigenvalue weighted by Crippen LogP contribution is 2.53. The predicted molar refractivity (Wildman–Crippen MR) is 240 cm³/mol. The molecule has 1 unspecified atom stereocenters. The first-order valence-electron chi connectivity index (χ1n) is 19.9. The summed E-state index contributed by atoms with van der Waals surface area (Å²) in [4.78, 5) is 0. The first kappa shape index (κ1) is 33.1. The first-order valence-corrected chi connectivity index (χ1v) is 19.9. The fourth-order valence-electron chi connectivity index (χ4n) is 10.4. The van der Waals surface area contributed by atoms with E-state index < -0.39 is 0 Å². The van der Waals surface area contributed by atoms with Crippen molar-refractivity contribution in [3.63, 3.8) is 0 Å². The van der Waals surface area contributed by atoms with Crippen molar-refractivity contribution in [2.75, 3.05) is 7.05 Å². The molecule has 1 N–H and O–H groups in total. The number of hydrogen-bond donors (Lipinski definition) is 1. The van der Waals surface area contributed by atoms with E-state index in [-0.39, 0.29) is 11.0 Å². The van der Waals surface area contributed by atoms with E-state index in [0.29, 0.717) is 0 Å². The van der Waals surface area contributed by atoms with Gasteiger partial charge in [-0.1, -0.05) is 147 Å². The molecule has 268 valence electrons. The lowest BCUT2D eigenvalue weighted by atomic mass is 9.80. The molecular formula is C55H43N. The Kier molecular flexibility index (Phi) is 6.87. The lowest BCUT2D eigenvalue weighted by Gasteiger charge is -2.28. The van der Waals surface area contributed by atoms with Crippen molar-refractivity contribution < 1.29 is 0 Å². The van der Waals surface area contributed by atoms with Crippen molar-refractivity contribution in [2.24, 2.45) is 0 Å². The molecule has 1 nitrogen and oxygen atoms in total. The smallest absolute Gasteiger partial charge is 0.0672 e.